The molecule has 1 fully saturated rings. The zero-order chi connectivity index (χ0) is 20.1. The van der Waals surface area contributed by atoms with Gasteiger partial charge >= 0.3 is 0 Å². The van der Waals surface area contributed by atoms with Crippen molar-refractivity contribution in [2.24, 2.45) is 0 Å². The van der Waals surface area contributed by atoms with Crippen LogP contribution in [0.5, 0.6) is 0 Å². The highest BCUT2D eigenvalue weighted by atomic mass is 32.2. The Morgan fingerprint density at radius 3 is 2.36 bits per heavy atom. The highest BCUT2D eigenvalue weighted by Gasteiger charge is 2.26. The second-order valence-electron chi connectivity index (χ2n) is 6.83. The SMILES string of the molecule is CCC(NC(=O)c1ccc(S(=O)(=O)N2CCOCC2)cc1)c1ccccc1C. The summed E-state index contributed by atoms with van der Waals surface area (Å²) in [6, 6.07) is 14.0. The van der Waals surface area contributed by atoms with Crippen molar-refractivity contribution < 1.29 is 17.9 Å². The van der Waals surface area contributed by atoms with Crippen LogP contribution in [0, 0.1) is 6.92 Å². The third kappa shape index (κ3) is 4.43. The molecule has 0 bridgehead atoms. The first-order valence-electron chi connectivity index (χ1n) is 9.48. The van der Waals surface area contributed by atoms with E-state index in [1.165, 1.54) is 16.4 Å². The van der Waals surface area contributed by atoms with Crippen LogP contribution in [0.1, 0.15) is 40.9 Å². The smallest absolute Gasteiger partial charge is 0.251 e. The fraction of sp³-hybridized carbons (Fsp3) is 0.381. The largest absolute Gasteiger partial charge is 0.379 e. The number of aryl methyl sites for hydroxylation is 1. The maximum atomic E-state index is 12.7. The molecular weight excluding hydrogens is 376 g/mol. The zero-order valence-corrected chi connectivity index (χ0v) is 17.0. The molecule has 0 saturated carbocycles. The van der Waals surface area contributed by atoms with Crippen LogP contribution < -0.4 is 5.32 Å². The van der Waals surface area contributed by atoms with Crippen LogP contribution in [0.15, 0.2) is 53.4 Å². The number of rotatable bonds is 6. The number of benzene rings is 2. The Kier molecular flexibility index (Phi) is 6.49. The van der Waals surface area contributed by atoms with E-state index in [1.807, 2.05) is 38.1 Å². The number of hydrogen-bond donors (Lipinski definition) is 1. The number of nitrogens with zero attached hydrogens (tertiary/aromatic N) is 1. The van der Waals surface area contributed by atoms with Gasteiger partial charge in [0.2, 0.25) is 10.0 Å². The molecule has 0 radical (unpaired) electrons. The van der Waals surface area contributed by atoms with Crippen LogP contribution in [0.4, 0.5) is 0 Å². The lowest BCUT2D eigenvalue weighted by atomic mass is 9.99. The van der Waals surface area contributed by atoms with Crippen molar-refractivity contribution in [3.05, 3.63) is 65.2 Å². The van der Waals surface area contributed by atoms with Gasteiger partial charge < -0.3 is 10.1 Å². The average Bonchev–Trinajstić information content (AvgIpc) is 2.73. The highest BCUT2D eigenvalue weighted by molar-refractivity contribution is 7.89. The molecule has 150 valence electrons. The van der Waals surface area contributed by atoms with Crippen molar-refractivity contribution in [1.29, 1.82) is 0 Å². The topological polar surface area (TPSA) is 75.7 Å². The van der Waals surface area contributed by atoms with Gasteiger partial charge in [-0.05, 0) is 48.7 Å². The molecule has 6 nitrogen and oxygen atoms in total. The molecular formula is C21H26N2O4S. The summed E-state index contributed by atoms with van der Waals surface area (Å²) in [4.78, 5) is 12.9. The van der Waals surface area contributed by atoms with Crippen LogP contribution in [-0.2, 0) is 14.8 Å². The minimum Gasteiger partial charge on any atom is -0.379 e. The fourth-order valence-electron chi connectivity index (χ4n) is 3.33. The lowest BCUT2D eigenvalue weighted by molar-refractivity contribution is 0.0730. The standard InChI is InChI=1S/C21H26N2O4S/c1-3-20(19-7-5-4-6-16(19)2)22-21(24)17-8-10-18(11-9-17)28(25,26)23-12-14-27-15-13-23/h4-11,20H,3,12-15H2,1-2H3,(H,22,24). The van der Waals surface area contributed by atoms with E-state index < -0.39 is 10.0 Å². The van der Waals surface area contributed by atoms with E-state index in [2.05, 4.69) is 5.32 Å². The van der Waals surface area contributed by atoms with Crippen LogP contribution in [0.25, 0.3) is 0 Å². The molecule has 1 aliphatic heterocycles. The molecule has 7 heteroatoms. The first-order chi connectivity index (χ1) is 13.4. The minimum absolute atomic E-state index is 0.0922. The third-order valence-electron chi connectivity index (χ3n) is 5.00. The van der Waals surface area contributed by atoms with E-state index in [0.29, 0.717) is 31.9 Å². The fourth-order valence-corrected chi connectivity index (χ4v) is 4.74. The maximum absolute atomic E-state index is 12.7. The van der Waals surface area contributed by atoms with Crippen molar-refractivity contribution in [2.45, 2.75) is 31.2 Å². The van der Waals surface area contributed by atoms with Gasteiger partial charge in [-0.1, -0.05) is 31.2 Å². The molecule has 2 aromatic rings. The normalized spacial score (nSPS) is 16.5. The van der Waals surface area contributed by atoms with Crippen molar-refractivity contribution in [3.8, 4) is 0 Å². The summed E-state index contributed by atoms with van der Waals surface area (Å²) in [7, 11) is -3.56. The molecule has 0 aromatic heterocycles. The van der Waals surface area contributed by atoms with Crippen molar-refractivity contribution in [3.63, 3.8) is 0 Å². The maximum Gasteiger partial charge on any atom is 0.251 e. The number of sulfonamides is 1. The molecule has 3 rings (SSSR count). The molecule has 1 N–H and O–H groups in total. The molecule has 1 amide bonds. The van der Waals surface area contributed by atoms with E-state index in [9.17, 15) is 13.2 Å². The van der Waals surface area contributed by atoms with Gasteiger partial charge in [0.25, 0.3) is 5.91 Å². The summed E-state index contributed by atoms with van der Waals surface area (Å²) in [6.07, 6.45) is 0.764. The van der Waals surface area contributed by atoms with E-state index >= 15 is 0 Å². The van der Waals surface area contributed by atoms with Crippen LogP contribution >= 0.6 is 0 Å². The number of hydrogen-bond acceptors (Lipinski definition) is 4. The summed E-state index contributed by atoms with van der Waals surface area (Å²) >= 11 is 0. The van der Waals surface area contributed by atoms with Gasteiger partial charge in [0.05, 0.1) is 24.2 Å². The van der Waals surface area contributed by atoms with Gasteiger partial charge in [0, 0.05) is 18.7 Å². The van der Waals surface area contributed by atoms with Gasteiger partial charge in [0.15, 0.2) is 0 Å². The first-order valence-corrected chi connectivity index (χ1v) is 10.9. The van der Waals surface area contributed by atoms with E-state index in [1.54, 1.807) is 12.1 Å². The second-order valence-corrected chi connectivity index (χ2v) is 8.77. The Morgan fingerprint density at radius 1 is 1.11 bits per heavy atom. The molecule has 0 aliphatic carbocycles. The average molecular weight is 403 g/mol. The molecule has 28 heavy (non-hydrogen) atoms. The summed E-state index contributed by atoms with van der Waals surface area (Å²) < 4.78 is 32.0. The Bertz CT molecular complexity index is 920. The monoisotopic (exact) mass is 402 g/mol. The Balaban J connectivity index is 1.74. The van der Waals surface area contributed by atoms with Crippen LogP contribution in [0.2, 0.25) is 0 Å². The predicted molar refractivity (Wildman–Crippen MR) is 108 cm³/mol. The molecule has 1 unspecified atom stereocenters. The zero-order valence-electron chi connectivity index (χ0n) is 16.2. The number of ether oxygens (including phenoxy) is 1. The molecule has 0 spiro atoms. The lowest BCUT2D eigenvalue weighted by Gasteiger charge is -2.26. The summed E-state index contributed by atoms with van der Waals surface area (Å²) in [5.74, 6) is -0.217. The molecule has 1 atom stereocenters. The van der Waals surface area contributed by atoms with E-state index in [4.69, 9.17) is 4.74 Å². The second kappa shape index (κ2) is 8.86. The van der Waals surface area contributed by atoms with E-state index in [0.717, 1.165) is 17.5 Å². The molecule has 1 heterocycles. The number of carbonyl (C=O) groups excluding carboxylic acids is 1. The molecule has 1 saturated heterocycles. The number of nitrogens with one attached hydrogen (secondary N) is 1. The first kappa shape index (κ1) is 20.5. The third-order valence-corrected chi connectivity index (χ3v) is 6.91. The van der Waals surface area contributed by atoms with Gasteiger partial charge in [-0.25, -0.2) is 8.42 Å². The van der Waals surface area contributed by atoms with Crippen molar-refractivity contribution in [1.82, 2.24) is 9.62 Å². The number of carbonyl (C=O) groups is 1. The predicted octanol–water partition coefficient (Wildman–Crippen LogP) is 2.90. The Labute approximate surface area is 166 Å². The van der Waals surface area contributed by atoms with Gasteiger partial charge in [-0.15, -0.1) is 0 Å². The van der Waals surface area contributed by atoms with E-state index in [-0.39, 0.29) is 16.8 Å². The van der Waals surface area contributed by atoms with Gasteiger partial charge in [-0.3, -0.25) is 4.79 Å². The van der Waals surface area contributed by atoms with Crippen molar-refractivity contribution >= 4 is 15.9 Å². The lowest BCUT2D eigenvalue weighted by Crippen LogP contribution is -2.40. The summed E-state index contributed by atoms with van der Waals surface area (Å²) in [5, 5.41) is 3.05. The highest BCUT2D eigenvalue weighted by Crippen LogP contribution is 2.22. The Hall–Kier alpha value is -2.22. The van der Waals surface area contributed by atoms with Crippen LogP contribution in [0.3, 0.4) is 0 Å². The molecule has 1 aliphatic rings. The number of amides is 1. The van der Waals surface area contributed by atoms with Crippen molar-refractivity contribution in [2.75, 3.05) is 26.3 Å². The van der Waals surface area contributed by atoms with Gasteiger partial charge in [0.1, 0.15) is 0 Å². The molecule has 2 aromatic carbocycles. The number of morpholine rings is 1. The summed E-state index contributed by atoms with van der Waals surface area (Å²) in [5.41, 5.74) is 2.65. The Morgan fingerprint density at radius 2 is 1.75 bits per heavy atom. The minimum atomic E-state index is -3.56. The van der Waals surface area contributed by atoms with Gasteiger partial charge in [-0.2, -0.15) is 4.31 Å². The van der Waals surface area contributed by atoms with Crippen LogP contribution in [-0.4, -0.2) is 44.9 Å². The quantitative estimate of drug-likeness (QED) is 0.806. The summed E-state index contributed by atoms with van der Waals surface area (Å²) in [6.45, 7) is 5.54.